The minimum Gasteiger partial charge on any atom is -0.504 e. The van der Waals surface area contributed by atoms with E-state index in [-0.39, 0.29) is 5.75 Å². The van der Waals surface area contributed by atoms with E-state index in [4.69, 9.17) is 14.2 Å². The summed E-state index contributed by atoms with van der Waals surface area (Å²) in [6.07, 6.45) is 5.31. The summed E-state index contributed by atoms with van der Waals surface area (Å²) >= 11 is 0. The zero-order valence-corrected chi connectivity index (χ0v) is 17.5. The average molecular weight is 389 g/mol. The molecule has 154 valence electrons. The molecule has 2 aromatic carbocycles. The molecule has 5 heteroatoms. The third-order valence-corrected chi connectivity index (χ3v) is 3.45. The van der Waals surface area contributed by atoms with Gasteiger partial charge in [-0.05, 0) is 48.2 Å². The maximum atomic E-state index is 9.25. The fourth-order valence-electron chi connectivity index (χ4n) is 2.19. The van der Waals surface area contributed by atoms with Crippen molar-refractivity contribution in [1.29, 1.82) is 0 Å². The molecular formula is C23H32O5. The Kier molecular flexibility index (Phi) is 13.6. The van der Waals surface area contributed by atoms with Crippen LogP contribution in [0, 0.1) is 0 Å². The third kappa shape index (κ3) is 9.14. The number of phenols is 1. The number of allylic oxidation sites excluding steroid dienone is 2. The van der Waals surface area contributed by atoms with E-state index >= 15 is 0 Å². The van der Waals surface area contributed by atoms with E-state index in [2.05, 4.69) is 17.9 Å². The Hall–Kier alpha value is -2.92. The minimum absolute atomic E-state index is 0.172. The molecule has 1 N–H and O–H groups in total. The minimum atomic E-state index is 0.172. The molecule has 0 heterocycles. The lowest BCUT2D eigenvalue weighted by atomic mass is 10.1. The van der Waals surface area contributed by atoms with Crippen molar-refractivity contribution in [2.75, 3.05) is 35.5 Å². The van der Waals surface area contributed by atoms with Gasteiger partial charge in [0.1, 0.15) is 0 Å². The smallest absolute Gasteiger partial charge is 0.160 e. The molecule has 0 aliphatic heterocycles. The number of ether oxygens (including phenoxy) is 4. The van der Waals surface area contributed by atoms with Gasteiger partial charge >= 0.3 is 0 Å². The summed E-state index contributed by atoms with van der Waals surface area (Å²) in [5, 5.41) is 9.25. The van der Waals surface area contributed by atoms with E-state index in [1.54, 1.807) is 40.6 Å². The van der Waals surface area contributed by atoms with Crippen molar-refractivity contribution in [3.63, 3.8) is 0 Å². The molecular weight excluding hydrogens is 356 g/mol. The summed E-state index contributed by atoms with van der Waals surface area (Å²) in [6.45, 7) is 7.31. The lowest BCUT2D eigenvalue weighted by Gasteiger charge is -2.08. The topological polar surface area (TPSA) is 57.2 Å². The first-order chi connectivity index (χ1) is 13.5. The van der Waals surface area contributed by atoms with Crippen molar-refractivity contribution >= 4 is 0 Å². The second-order valence-electron chi connectivity index (χ2n) is 5.59. The molecule has 0 saturated heterocycles. The lowest BCUT2D eigenvalue weighted by molar-refractivity contribution is 0.277. The highest BCUT2D eigenvalue weighted by Crippen LogP contribution is 2.28. The molecule has 0 saturated carbocycles. The van der Waals surface area contributed by atoms with Gasteiger partial charge < -0.3 is 24.1 Å². The van der Waals surface area contributed by atoms with Gasteiger partial charge in [0.15, 0.2) is 23.0 Å². The molecule has 0 aromatic heterocycles. The summed E-state index contributed by atoms with van der Waals surface area (Å²) < 4.78 is 19.5. The van der Waals surface area contributed by atoms with E-state index in [1.165, 1.54) is 12.7 Å². The van der Waals surface area contributed by atoms with Gasteiger partial charge in [0.05, 0.1) is 21.3 Å². The van der Waals surface area contributed by atoms with Gasteiger partial charge in [0, 0.05) is 14.2 Å². The highest BCUT2D eigenvalue weighted by molar-refractivity contribution is 5.43. The molecule has 0 aliphatic rings. The van der Waals surface area contributed by atoms with E-state index in [0.717, 1.165) is 29.9 Å². The zero-order valence-electron chi connectivity index (χ0n) is 17.5. The number of rotatable bonds is 7. The van der Waals surface area contributed by atoms with Crippen LogP contribution in [-0.4, -0.2) is 40.7 Å². The Bertz CT molecular complexity index is 710. The van der Waals surface area contributed by atoms with Crippen LogP contribution in [-0.2, 0) is 17.6 Å². The Morgan fingerprint density at radius 1 is 0.714 bits per heavy atom. The van der Waals surface area contributed by atoms with Gasteiger partial charge in [0.2, 0.25) is 0 Å². The normalized spacial score (nSPS) is 9.04. The first-order valence-corrected chi connectivity index (χ1v) is 8.69. The predicted octanol–water partition coefficient (Wildman–Crippen LogP) is 4.82. The van der Waals surface area contributed by atoms with Crippen molar-refractivity contribution in [1.82, 2.24) is 0 Å². The number of hydrogen-bond acceptors (Lipinski definition) is 5. The number of methoxy groups -OCH3 is 4. The average Bonchev–Trinajstić information content (AvgIpc) is 2.71. The fourth-order valence-corrected chi connectivity index (χ4v) is 2.19. The van der Waals surface area contributed by atoms with Crippen molar-refractivity contribution in [2.24, 2.45) is 0 Å². The van der Waals surface area contributed by atoms with Crippen LogP contribution < -0.4 is 14.2 Å². The summed E-state index contributed by atoms with van der Waals surface area (Å²) in [4.78, 5) is 0. The Labute approximate surface area is 168 Å². The van der Waals surface area contributed by atoms with Gasteiger partial charge in [-0.25, -0.2) is 0 Å². The van der Waals surface area contributed by atoms with Gasteiger partial charge in [-0.15, -0.1) is 13.2 Å². The monoisotopic (exact) mass is 388 g/mol. The highest BCUT2D eigenvalue weighted by Gasteiger charge is 2.02. The molecule has 0 atom stereocenters. The number of benzene rings is 2. The lowest BCUT2D eigenvalue weighted by Crippen LogP contribution is -1.91. The molecule has 0 amide bonds. The maximum absolute atomic E-state index is 9.25. The third-order valence-electron chi connectivity index (χ3n) is 3.45. The summed E-state index contributed by atoms with van der Waals surface area (Å²) in [5.41, 5.74) is 2.26. The van der Waals surface area contributed by atoms with E-state index in [9.17, 15) is 5.11 Å². The van der Waals surface area contributed by atoms with Crippen molar-refractivity contribution in [3.8, 4) is 23.0 Å². The van der Waals surface area contributed by atoms with Gasteiger partial charge in [0.25, 0.3) is 0 Å². The molecule has 0 bridgehead atoms. The zero-order chi connectivity index (χ0) is 21.4. The summed E-state index contributed by atoms with van der Waals surface area (Å²) in [6, 6.07) is 11.1. The van der Waals surface area contributed by atoms with Crippen LogP contribution in [0.15, 0.2) is 61.7 Å². The van der Waals surface area contributed by atoms with Crippen LogP contribution >= 0.6 is 0 Å². The Morgan fingerprint density at radius 3 is 1.57 bits per heavy atom. The van der Waals surface area contributed by atoms with Crippen molar-refractivity contribution in [3.05, 3.63) is 72.8 Å². The summed E-state index contributed by atoms with van der Waals surface area (Å²) in [7, 11) is 8.05. The predicted molar refractivity (Wildman–Crippen MR) is 115 cm³/mol. The van der Waals surface area contributed by atoms with E-state index in [1.807, 2.05) is 36.4 Å². The van der Waals surface area contributed by atoms with Gasteiger partial charge in [-0.2, -0.15) is 0 Å². The first-order valence-electron chi connectivity index (χ1n) is 8.69. The Morgan fingerprint density at radius 2 is 1.14 bits per heavy atom. The number of aromatic hydroxyl groups is 1. The van der Waals surface area contributed by atoms with Crippen LogP contribution in [0.2, 0.25) is 0 Å². The quantitative estimate of drug-likeness (QED) is 0.689. The molecule has 0 aliphatic carbocycles. The van der Waals surface area contributed by atoms with Crippen LogP contribution in [0.4, 0.5) is 0 Å². The first kappa shape index (κ1) is 25.1. The molecule has 5 nitrogen and oxygen atoms in total. The van der Waals surface area contributed by atoms with Crippen LogP contribution in [0.5, 0.6) is 23.0 Å². The molecule has 2 aromatic rings. The Balaban J connectivity index is 0.000000458. The SMILES string of the molecule is C=CCc1ccc(O)c(OC)c1.C=CCc1ccc(OC)c(OC)c1.COC. The molecule has 0 spiro atoms. The number of hydrogen-bond donors (Lipinski definition) is 1. The molecule has 28 heavy (non-hydrogen) atoms. The molecule has 0 unspecified atom stereocenters. The molecule has 0 fully saturated rings. The second kappa shape index (κ2) is 15.2. The van der Waals surface area contributed by atoms with Crippen molar-refractivity contribution in [2.45, 2.75) is 12.8 Å². The van der Waals surface area contributed by atoms with Crippen molar-refractivity contribution < 1.29 is 24.1 Å². The van der Waals surface area contributed by atoms with E-state index < -0.39 is 0 Å². The molecule has 0 radical (unpaired) electrons. The van der Waals surface area contributed by atoms with Crippen LogP contribution in [0.3, 0.4) is 0 Å². The van der Waals surface area contributed by atoms with Crippen LogP contribution in [0.1, 0.15) is 11.1 Å². The highest BCUT2D eigenvalue weighted by atomic mass is 16.5. The summed E-state index contributed by atoms with van der Waals surface area (Å²) in [5.74, 6) is 2.21. The van der Waals surface area contributed by atoms with E-state index in [0.29, 0.717) is 5.75 Å². The van der Waals surface area contributed by atoms with Crippen LogP contribution in [0.25, 0.3) is 0 Å². The molecule has 2 rings (SSSR count). The fraction of sp³-hybridized carbons (Fsp3) is 0.304. The standard InChI is InChI=1S/C11H14O2.C10H12O2.C2H6O/c1-4-5-9-6-7-10(12-2)11(8-9)13-3;1-3-4-8-5-6-9(11)10(7-8)12-2;1-3-2/h4,6-8H,1,5H2,2-3H3;3,5-7,11H,1,4H2,2H3;1-2H3. The van der Waals surface area contributed by atoms with Gasteiger partial charge in [-0.1, -0.05) is 24.3 Å². The van der Waals surface area contributed by atoms with Gasteiger partial charge in [-0.3, -0.25) is 0 Å². The maximum Gasteiger partial charge on any atom is 0.160 e. The second-order valence-corrected chi connectivity index (χ2v) is 5.59. The number of phenolic OH excluding ortho intramolecular Hbond substituents is 1. The largest absolute Gasteiger partial charge is 0.504 e.